The second-order valence-corrected chi connectivity index (χ2v) is 4.80. The first-order valence-electron chi connectivity index (χ1n) is 5.76. The van der Waals surface area contributed by atoms with Gasteiger partial charge in [0.25, 0.3) is 0 Å². The highest BCUT2D eigenvalue weighted by Gasteiger charge is 2.39. The topological polar surface area (TPSA) is 20.2 Å². The Morgan fingerprint density at radius 3 is 2.47 bits per heavy atom. The molecule has 0 saturated heterocycles. The zero-order valence-electron chi connectivity index (χ0n) is 8.71. The minimum atomic E-state index is -0.272. The molecule has 0 amide bonds. The Bertz CT molecular complexity index is 368. The summed E-state index contributed by atoms with van der Waals surface area (Å²) in [6.45, 7) is 0. The van der Waals surface area contributed by atoms with Crippen molar-refractivity contribution in [3.63, 3.8) is 0 Å². The van der Waals surface area contributed by atoms with Crippen molar-refractivity contribution in [2.45, 2.75) is 18.9 Å². The zero-order valence-corrected chi connectivity index (χ0v) is 8.71. The Morgan fingerprint density at radius 2 is 1.87 bits per heavy atom. The quantitative estimate of drug-likeness (QED) is 0.728. The number of hydrogen-bond donors (Lipinski definition) is 1. The van der Waals surface area contributed by atoms with Crippen molar-refractivity contribution in [2.24, 2.45) is 17.8 Å². The fourth-order valence-corrected chi connectivity index (χ4v) is 3.08. The predicted molar refractivity (Wildman–Crippen MR) is 60.2 cm³/mol. The van der Waals surface area contributed by atoms with Crippen molar-refractivity contribution >= 4 is 0 Å². The van der Waals surface area contributed by atoms with Crippen LogP contribution in [0.25, 0.3) is 0 Å². The standard InChI is InChI=1S/C14H16O/c15-14(11-4-2-1-3-5-11)13-9-10-6-7-12(13)8-10/h1-7,10,12-15H,8-9H2/t10-,12-,13+,14-/m0/s1. The van der Waals surface area contributed by atoms with Gasteiger partial charge in [-0.15, -0.1) is 0 Å². The molecule has 4 atom stereocenters. The van der Waals surface area contributed by atoms with E-state index in [1.165, 1.54) is 6.42 Å². The molecule has 1 aromatic carbocycles. The molecule has 0 radical (unpaired) electrons. The van der Waals surface area contributed by atoms with Crippen LogP contribution in [0.5, 0.6) is 0 Å². The molecule has 0 unspecified atom stereocenters. The predicted octanol–water partition coefficient (Wildman–Crippen LogP) is 2.93. The molecule has 3 rings (SSSR count). The third-order valence-electron chi connectivity index (χ3n) is 3.88. The smallest absolute Gasteiger partial charge is 0.0824 e. The van der Waals surface area contributed by atoms with Crippen LogP contribution in [0.1, 0.15) is 24.5 Å². The van der Waals surface area contributed by atoms with Gasteiger partial charge in [-0.3, -0.25) is 0 Å². The minimum Gasteiger partial charge on any atom is -0.388 e. The molecule has 2 bridgehead atoms. The first-order valence-corrected chi connectivity index (χ1v) is 5.76. The summed E-state index contributed by atoms with van der Waals surface area (Å²) < 4.78 is 0. The van der Waals surface area contributed by atoms with Crippen LogP contribution < -0.4 is 0 Å². The fraction of sp³-hybridized carbons (Fsp3) is 0.429. The SMILES string of the molecule is O[C@@H](c1ccccc1)[C@@H]1C[C@H]2C=C[C@H]1C2. The van der Waals surface area contributed by atoms with E-state index in [0.29, 0.717) is 11.8 Å². The second kappa shape index (κ2) is 3.49. The number of benzene rings is 1. The summed E-state index contributed by atoms with van der Waals surface area (Å²) in [6.07, 6.45) is 6.77. The van der Waals surface area contributed by atoms with Gasteiger partial charge in [0.1, 0.15) is 0 Å². The molecule has 1 heteroatoms. The second-order valence-electron chi connectivity index (χ2n) is 4.80. The van der Waals surface area contributed by atoms with Crippen LogP contribution in [-0.4, -0.2) is 5.11 Å². The van der Waals surface area contributed by atoms with Crippen LogP contribution in [0.3, 0.4) is 0 Å². The number of aliphatic hydroxyl groups is 1. The van der Waals surface area contributed by atoms with E-state index in [1.807, 2.05) is 30.3 Å². The third-order valence-corrected chi connectivity index (χ3v) is 3.88. The fourth-order valence-electron chi connectivity index (χ4n) is 3.08. The van der Waals surface area contributed by atoms with Crippen LogP contribution in [0.4, 0.5) is 0 Å². The van der Waals surface area contributed by atoms with E-state index < -0.39 is 0 Å². The van der Waals surface area contributed by atoms with Crippen molar-refractivity contribution in [2.75, 3.05) is 0 Å². The minimum absolute atomic E-state index is 0.272. The van der Waals surface area contributed by atoms with Gasteiger partial charge in [-0.05, 0) is 36.2 Å². The number of fused-ring (bicyclic) bond motifs is 2. The van der Waals surface area contributed by atoms with Gasteiger partial charge in [0.15, 0.2) is 0 Å². The number of hydrogen-bond acceptors (Lipinski definition) is 1. The monoisotopic (exact) mass is 200 g/mol. The molecule has 2 aliphatic rings. The summed E-state index contributed by atoms with van der Waals surface area (Å²) in [5.74, 6) is 1.80. The molecule has 15 heavy (non-hydrogen) atoms. The maximum Gasteiger partial charge on any atom is 0.0824 e. The van der Waals surface area contributed by atoms with Crippen molar-refractivity contribution < 1.29 is 5.11 Å². The highest BCUT2D eigenvalue weighted by Crippen LogP contribution is 2.48. The number of allylic oxidation sites excluding steroid dienone is 2. The van der Waals surface area contributed by atoms with E-state index in [9.17, 15) is 5.11 Å². The number of rotatable bonds is 2. The van der Waals surface area contributed by atoms with Crippen molar-refractivity contribution in [3.8, 4) is 0 Å². The van der Waals surface area contributed by atoms with Gasteiger partial charge in [0, 0.05) is 0 Å². The van der Waals surface area contributed by atoms with Crippen LogP contribution in [0.2, 0.25) is 0 Å². The van der Waals surface area contributed by atoms with E-state index in [-0.39, 0.29) is 6.10 Å². The van der Waals surface area contributed by atoms with Crippen LogP contribution in [0.15, 0.2) is 42.5 Å². The van der Waals surface area contributed by atoms with E-state index in [2.05, 4.69) is 12.2 Å². The average molecular weight is 200 g/mol. The van der Waals surface area contributed by atoms with Crippen LogP contribution in [-0.2, 0) is 0 Å². The lowest BCUT2D eigenvalue weighted by atomic mass is 9.85. The molecule has 0 aliphatic heterocycles. The lowest BCUT2D eigenvalue weighted by molar-refractivity contribution is 0.0936. The molecule has 78 valence electrons. The Morgan fingerprint density at radius 1 is 1.07 bits per heavy atom. The molecule has 0 aromatic heterocycles. The summed E-state index contributed by atoms with van der Waals surface area (Å²) in [4.78, 5) is 0. The van der Waals surface area contributed by atoms with Gasteiger partial charge in [-0.25, -0.2) is 0 Å². The Hall–Kier alpha value is -1.08. The average Bonchev–Trinajstić information content (AvgIpc) is 2.91. The summed E-state index contributed by atoms with van der Waals surface area (Å²) in [7, 11) is 0. The molecule has 1 fully saturated rings. The lowest BCUT2D eigenvalue weighted by Gasteiger charge is -2.24. The van der Waals surface area contributed by atoms with Crippen molar-refractivity contribution in [1.82, 2.24) is 0 Å². The highest BCUT2D eigenvalue weighted by atomic mass is 16.3. The Kier molecular flexibility index (Phi) is 2.14. The summed E-state index contributed by atoms with van der Waals surface area (Å²) in [6, 6.07) is 10.1. The zero-order chi connectivity index (χ0) is 10.3. The lowest BCUT2D eigenvalue weighted by Crippen LogP contribution is -2.16. The summed E-state index contributed by atoms with van der Waals surface area (Å²) in [5, 5.41) is 10.3. The molecule has 1 saturated carbocycles. The first kappa shape index (κ1) is 9.17. The van der Waals surface area contributed by atoms with E-state index in [4.69, 9.17) is 0 Å². The Labute approximate surface area is 90.4 Å². The normalized spacial score (nSPS) is 34.6. The largest absolute Gasteiger partial charge is 0.388 e. The first-order chi connectivity index (χ1) is 7.34. The van der Waals surface area contributed by atoms with Gasteiger partial charge < -0.3 is 5.11 Å². The summed E-state index contributed by atoms with van der Waals surface area (Å²) in [5.41, 5.74) is 1.07. The van der Waals surface area contributed by atoms with Crippen molar-refractivity contribution in [1.29, 1.82) is 0 Å². The van der Waals surface area contributed by atoms with Crippen LogP contribution >= 0.6 is 0 Å². The maximum absolute atomic E-state index is 10.3. The highest BCUT2D eigenvalue weighted by molar-refractivity contribution is 5.21. The van der Waals surface area contributed by atoms with Gasteiger partial charge >= 0.3 is 0 Å². The molecule has 1 N–H and O–H groups in total. The molecule has 0 heterocycles. The summed E-state index contributed by atoms with van der Waals surface area (Å²) >= 11 is 0. The van der Waals surface area contributed by atoms with E-state index in [1.54, 1.807) is 0 Å². The molecular weight excluding hydrogens is 184 g/mol. The molecule has 1 aromatic rings. The van der Waals surface area contributed by atoms with Gasteiger partial charge in [-0.1, -0.05) is 42.5 Å². The Balaban J connectivity index is 1.81. The van der Waals surface area contributed by atoms with Gasteiger partial charge in [-0.2, -0.15) is 0 Å². The molecule has 0 spiro atoms. The van der Waals surface area contributed by atoms with Crippen LogP contribution in [0, 0.1) is 17.8 Å². The van der Waals surface area contributed by atoms with Gasteiger partial charge in [0.05, 0.1) is 6.10 Å². The molecular formula is C14H16O. The maximum atomic E-state index is 10.3. The van der Waals surface area contributed by atoms with Crippen molar-refractivity contribution in [3.05, 3.63) is 48.0 Å². The van der Waals surface area contributed by atoms with E-state index >= 15 is 0 Å². The van der Waals surface area contributed by atoms with E-state index in [0.717, 1.165) is 17.9 Å². The molecule has 2 aliphatic carbocycles. The number of aliphatic hydroxyl groups excluding tert-OH is 1. The molecule has 1 nitrogen and oxygen atoms in total. The van der Waals surface area contributed by atoms with Gasteiger partial charge in [0.2, 0.25) is 0 Å². The third kappa shape index (κ3) is 1.51.